The third-order valence-corrected chi connectivity index (χ3v) is 7.27. The molecule has 1 heterocycles. The molecule has 6 nitrogen and oxygen atoms in total. The molecular weight excluding hydrogens is 332 g/mol. The number of hydrogen-bond donors (Lipinski definition) is 3. The molecular formula is C20H28N2O4. The van der Waals surface area contributed by atoms with E-state index in [-0.39, 0.29) is 36.2 Å². The molecule has 4 aliphatic rings. The van der Waals surface area contributed by atoms with Crippen molar-refractivity contribution < 1.29 is 20.1 Å². The number of aliphatic hydroxyl groups is 3. The largest absolute Gasteiger partial charge is 0.392 e. The molecule has 1 aliphatic heterocycles. The molecule has 1 saturated carbocycles. The number of azo groups is 1. The Morgan fingerprint density at radius 1 is 1.15 bits per heavy atom. The Balaban J connectivity index is 1.91. The number of carbonyl (C=O) groups excluding carboxylic acids is 1. The van der Waals surface area contributed by atoms with Gasteiger partial charge in [-0.15, -0.1) is 0 Å². The Morgan fingerprint density at radius 2 is 1.85 bits per heavy atom. The summed E-state index contributed by atoms with van der Waals surface area (Å²) in [4.78, 5) is 12.7. The summed E-state index contributed by atoms with van der Waals surface area (Å²) in [6.45, 7) is 7.55. The zero-order chi connectivity index (χ0) is 19.1. The van der Waals surface area contributed by atoms with Crippen LogP contribution in [0.25, 0.3) is 0 Å². The van der Waals surface area contributed by atoms with Crippen LogP contribution in [0.1, 0.15) is 47.0 Å². The van der Waals surface area contributed by atoms with Gasteiger partial charge in [0.1, 0.15) is 5.60 Å². The first-order chi connectivity index (χ1) is 12.0. The van der Waals surface area contributed by atoms with Gasteiger partial charge in [-0.2, -0.15) is 10.2 Å². The van der Waals surface area contributed by atoms with E-state index < -0.39 is 22.7 Å². The lowest BCUT2D eigenvalue weighted by molar-refractivity contribution is -0.166. The van der Waals surface area contributed by atoms with Crippen molar-refractivity contribution >= 4 is 5.78 Å². The summed E-state index contributed by atoms with van der Waals surface area (Å²) in [5, 5.41) is 42.1. The molecule has 4 rings (SSSR count). The molecule has 0 aromatic carbocycles. The van der Waals surface area contributed by atoms with Gasteiger partial charge in [0, 0.05) is 24.2 Å². The molecule has 1 fully saturated rings. The second-order valence-corrected chi connectivity index (χ2v) is 9.45. The highest BCUT2D eigenvalue weighted by atomic mass is 16.3. The van der Waals surface area contributed by atoms with E-state index in [4.69, 9.17) is 0 Å². The SMILES string of the molecule is CC1=CC2[C@](O)(CC(CO)=C[C@H]3[C@@H]4C(C)(C)N=N[C@]4(C)CC[C@]23O)C1=O. The van der Waals surface area contributed by atoms with E-state index in [1.54, 1.807) is 13.0 Å². The van der Waals surface area contributed by atoms with Gasteiger partial charge in [0.15, 0.2) is 5.78 Å². The van der Waals surface area contributed by atoms with Crippen LogP contribution in [-0.2, 0) is 4.79 Å². The minimum atomic E-state index is -1.69. The average Bonchev–Trinajstić information content (AvgIpc) is 2.91. The van der Waals surface area contributed by atoms with E-state index >= 15 is 0 Å². The Morgan fingerprint density at radius 3 is 2.50 bits per heavy atom. The van der Waals surface area contributed by atoms with Crippen LogP contribution in [0.4, 0.5) is 0 Å². The van der Waals surface area contributed by atoms with Crippen LogP contribution in [0.5, 0.6) is 0 Å². The maximum absolute atomic E-state index is 12.7. The summed E-state index contributed by atoms with van der Waals surface area (Å²) in [6, 6.07) is 0. The van der Waals surface area contributed by atoms with Crippen molar-refractivity contribution in [2.75, 3.05) is 6.61 Å². The zero-order valence-corrected chi connectivity index (χ0v) is 15.9. The highest BCUT2D eigenvalue weighted by Gasteiger charge is 2.67. The number of nitrogens with zero attached hydrogens (tertiary/aromatic N) is 2. The lowest BCUT2D eigenvalue weighted by Crippen LogP contribution is -2.63. The predicted molar refractivity (Wildman–Crippen MR) is 95.5 cm³/mol. The molecule has 0 saturated heterocycles. The summed E-state index contributed by atoms with van der Waals surface area (Å²) in [6.07, 6.45) is 4.76. The molecule has 6 atom stereocenters. The van der Waals surface area contributed by atoms with Crippen LogP contribution in [0.3, 0.4) is 0 Å². The van der Waals surface area contributed by atoms with E-state index in [0.29, 0.717) is 24.0 Å². The second kappa shape index (κ2) is 5.12. The van der Waals surface area contributed by atoms with Crippen molar-refractivity contribution in [1.29, 1.82) is 0 Å². The lowest BCUT2D eigenvalue weighted by Gasteiger charge is -2.53. The van der Waals surface area contributed by atoms with E-state index in [1.807, 2.05) is 19.9 Å². The van der Waals surface area contributed by atoms with Gasteiger partial charge in [-0.05, 0) is 51.7 Å². The van der Waals surface area contributed by atoms with Gasteiger partial charge in [0.25, 0.3) is 0 Å². The molecule has 0 spiro atoms. The number of ketones is 1. The van der Waals surface area contributed by atoms with Crippen LogP contribution in [0.2, 0.25) is 0 Å². The molecule has 0 bridgehead atoms. The predicted octanol–water partition coefficient (Wildman–Crippen LogP) is 1.95. The van der Waals surface area contributed by atoms with Gasteiger partial charge in [-0.1, -0.05) is 12.2 Å². The first kappa shape index (κ1) is 18.0. The Bertz CT molecular complexity index is 770. The van der Waals surface area contributed by atoms with Gasteiger partial charge in [0.05, 0.1) is 23.3 Å². The lowest BCUT2D eigenvalue weighted by atomic mass is 9.53. The third-order valence-electron chi connectivity index (χ3n) is 7.27. The van der Waals surface area contributed by atoms with Gasteiger partial charge >= 0.3 is 0 Å². The minimum absolute atomic E-state index is 0.0534. The van der Waals surface area contributed by atoms with Crippen molar-refractivity contribution in [3.63, 3.8) is 0 Å². The topological polar surface area (TPSA) is 102 Å². The van der Waals surface area contributed by atoms with Gasteiger partial charge in [-0.25, -0.2) is 0 Å². The molecule has 6 heteroatoms. The maximum Gasteiger partial charge on any atom is 0.190 e. The molecule has 0 radical (unpaired) electrons. The van der Waals surface area contributed by atoms with Gasteiger partial charge in [0.2, 0.25) is 0 Å². The van der Waals surface area contributed by atoms with E-state index in [9.17, 15) is 20.1 Å². The Hall–Kier alpha value is -1.37. The number of hydrogen-bond acceptors (Lipinski definition) is 6. The number of aliphatic hydroxyl groups excluding tert-OH is 1. The molecule has 142 valence electrons. The fourth-order valence-electron chi connectivity index (χ4n) is 6.13. The molecule has 1 unspecified atom stereocenters. The van der Waals surface area contributed by atoms with Crippen LogP contribution >= 0.6 is 0 Å². The van der Waals surface area contributed by atoms with E-state index in [1.165, 1.54) is 0 Å². The number of carbonyl (C=O) groups is 1. The van der Waals surface area contributed by atoms with Crippen LogP contribution < -0.4 is 0 Å². The standard InChI is InChI=1S/C20H28N2O4/c1-11-7-14-19(25)6-5-18(4)15(17(2,3)21-22-18)13(19)8-12(10-23)9-20(14,26)16(11)24/h7-8,13-15,23,25-26H,5-6,9-10H2,1-4H3/t13-,14?,15+,18+,19+,20+/m0/s1. The van der Waals surface area contributed by atoms with Crippen molar-refractivity contribution in [2.24, 2.45) is 28.0 Å². The van der Waals surface area contributed by atoms with Gasteiger partial charge in [-0.3, -0.25) is 4.79 Å². The third kappa shape index (κ3) is 2.06. The van der Waals surface area contributed by atoms with E-state index in [2.05, 4.69) is 17.2 Å². The fraction of sp³-hybridized carbons (Fsp3) is 0.750. The average molecular weight is 360 g/mol. The van der Waals surface area contributed by atoms with Crippen molar-refractivity contribution in [3.8, 4) is 0 Å². The van der Waals surface area contributed by atoms with Crippen LogP contribution in [-0.4, -0.2) is 50.0 Å². The first-order valence-electron chi connectivity index (χ1n) is 9.40. The van der Waals surface area contributed by atoms with Crippen LogP contribution in [0, 0.1) is 17.8 Å². The number of rotatable bonds is 1. The van der Waals surface area contributed by atoms with Crippen molar-refractivity contribution in [1.82, 2.24) is 0 Å². The number of Topliss-reactive ketones (excluding diaryl/α,β-unsaturated/α-hetero) is 1. The second-order valence-electron chi connectivity index (χ2n) is 9.45. The fourth-order valence-corrected chi connectivity index (χ4v) is 6.13. The van der Waals surface area contributed by atoms with Crippen molar-refractivity contribution in [3.05, 3.63) is 23.3 Å². The van der Waals surface area contributed by atoms with Crippen molar-refractivity contribution in [2.45, 2.75) is 69.2 Å². The first-order valence-corrected chi connectivity index (χ1v) is 9.40. The molecule has 0 aromatic heterocycles. The van der Waals surface area contributed by atoms with E-state index in [0.717, 1.165) is 0 Å². The monoisotopic (exact) mass is 360 g/mol. The zero-order valence-electron chi connectivity index (χ0n) is 15.9. The summed E-state index contributed by atoms with van der Waals surface area (Å²) in [5.41, 5.74) is -2.72. The highest BCUT2D eigenvalue weighted by molar-refractivity contribution is 6.04. The maximum atomic E-state index is 12.7. The van der Waals surface area contributed by atoms with Crippen LogP contribution in [0.15, 0.2) is 33.5 Å². The minimum Gasteiger partial charge on any atom is -0.392 e. The Labute approximate surface area is 153 Å². The summed E-state index contributed by atoms with van der Waals surface area (Å²) in [5.74, 6) is -1.44. The molecule has 0 amide bonds. The summed E-state index contributed by atoms with van der Waals surface area (Å²) < 4.78 is 0. The molecule has 3 N–H and O–H groups in total. The normalized spacial score (nSPS) is 49.0. The quantitative estimate of drug-likeness (QED) is 0.622. The summed E-state index contributed by atoms with van der Waals surface area (Å²) in [7, 11) is 0. The molecule has 3 aliphatic carbocycles. The molecule has 0 aromatic rings. The number of fused-ring (bicyclic) bond motifs is 5. The highest BCUT2D eigenvalue weighted by Crippen LogP contribution is 2.61. The van der Waals surface area contributed by atoms with Gasteiger partial charge < -0.3 is 15.3 Å². The summed E-state index contributed by atoms with van der Waals surface area (Å²) >= 11 is 0. The molecule has 26 heavy (non-hydrogen) atoms. The Kier molecular flexibility index (Phi) is 3.55. The smallest absolute Gasteiger partial charge is 0.190 e.